The van der Waals surface area contributed by atoms with Gasteiger partial charge in [0.25, 0.3) is 5.56 Å². The zero-order chi connectivity index (χ0) is 18.0. The number of pyridine rings is 1. The van der Waals surface area contributed by atoms with E-state index in [4.69, 9.17) is 17.3 Å². The van der Waals surface area contributed by atoms with Crippen LogP contribution < -0.4 is 16.6 Å². The largest absolute Gasteiger partial charge is 0.382 e. The van der Waals surface area contributed by atoms with E-state index < -0.39 is 5.66 Å². The molecule has 1 aromatic heterocycles. The number of aromatic nitrogens is 1. The van der Waals surface area contributed by atoms with E-state index in [1.807, 2.05) is 0 Å². The third-order valence-electron chi connectivity index (χ3n) is 4.64. The predicted octanol–water partition coefficient (Wildman–Crippen LogP) is 2.49. The van der Waals surface area contributed by atoms with Gasteiger partial charge in [0, 0.05) is 13.2 Å². The highest BCUT2D eigenvalue weighted by Crippen LogP contribution is 2.41. The topological polar surface area (TPSA) is 97.1 Å². The van der Waals surface area contributed by atoms with Crippen molar-refractivity contribution in [3.63, 3.8) is 0 Å². The van der Waals surface area contributed by atoms with Crippen molar-refractivity contribution in [1.29, 1.82) is 0 Å². The Morgan fingerprint density at radius 3 is 2.84 bits per heavy atom. The molecule has 0 bridgehead atoms. The highest BCUT2D eigenvalue weighted by atomic mass is 35.5. The molecule has 1 spiro atoms. The molecule has 0 radical (unpaired) electrons. The number of aliphatic imine (C=N–C) groups is 3. The number of nitrogens with one attached hydrogen (secondary N) is 1. The molecule has 8 heteroatoms. The summed E-state index contributed by atoms with van der Waals surface area (Å²) in [5, 5.41) is 3.40. The van der Waals surface area contributed by atoms with Gasteiger partial charge in [-0.1, -0.05) is 18.0 Å². The van der Waals surface area contributed by atoms with Crippen LogP contribution in [0.25, 0.3) is 0 Å². The van der Waals surface area contributed by atoms with Crippen molar-refractivity contribution in [2.75, 3.05) is 12.4 Å². The standard InChI is InChI=1S/C17H21ClN6O/c1-20-9-6-13(21-2)22-12-10-11(18)14-15(19)23-17(24(14)16(12)25)7-4-3-5-8-17/h6,9-10H,1,3-5,7-8H2,2H3,(H2,19,23)(H,21,22)/b9-6-. The highest BCUT2D eigenvalue weighted by molar-refractivity contribution is 6.34. The number of fused-ring (bicyclic) bond motifs is 2. The molecule has 2 heterocycles. The van der Waals surface area contributed by atoms with Crippen molar-refractivity contribution in [2.24, 2.45) is 20.7 Å². The molecule has 1 saturated carbocycles. The van der Waals surface area contributed by atoms with Gasteiger partial charge in [0.1, 0.15) is 28.7 Å². The molecular formula is C17H21ClN6O. The Hall–Kier alpha value is -2.41. The summed E-state index contributed by atoms with van der Waals surface area (Å²) in [6.45, 7) is 3.38. The number of hydrogen-bond acceptors (Lipinski definition) is 5. The van der Waals surface area contributed by atoms with Gasteiger partial charge in [0.05, 0.1) is 5.02 Å². The van der Waals surface area contributed by atoms with Crippen molar-refractivity contribution in [2.45, 2.75) is 37.8 Å². The molecule has 0 unspecified atom stereocenters. The van der Waals surface area contributed by atoms with E-state index in [-0.39, 0.29) is 5.56 Å². The lowest BCUT2D eigenvalue weighted by Crippen LogP contribution is -2.41. The maximum atomic E-state index is 13.2. The number of hydrogen-bond donors (Lipinski definition) is 2. The molecule has 1 aromatic rings. The van der Waals surface area contributed by atoms with Crippen LogP contribution in [0.2, 0.25) is 5.02 Å². The summed E-state index contributed by atoms with van der Waals surface area (Å²) in [5.41, 5.74) is 6.12. The Morgan fingerprint density at radius 2 is 2.20 bits per heavy atom. The minimum atomic E-state index is -0.613. The first-order valence-corrected chi connectivity index (χ1v) is 8.58. The third-order valence-corrected chi connectivity index (χ3v) is 4.93. The second-order valence-corrected chi connectivity index (χ2v) is 6.57. The first-order valence-electron chi connectivity index (χ1n) is 8.20. The van der Waals surface area contributed by atoms with Crippen molar-refractivity contribution in [3.8, 4) is 0 Å². The van der Waals surface area contributed by atoms with E-state index in [1.54, 1.807) is 23.8 Å². The smallest absolute Gasteiger partial charge is 0.276 e. The molecule has 1 aliphatic carbocycles. The highest BCUT2D eigenvalue weighted by Gasteiger charge is 2.42. The van der Waals surface area contributed by atoms with Gasteiger partial charge in [-0.05, 0) is 44.5 Å². The average molecular weight is 361 g/mol. The molecule has 3 rings (SSSR count). The Labute approximate surface area is 151 Å². The van der Waals surface area contributed by atoms with Gasteiger partial charge in [-0.2, -0.15) is 0 Å². The van der Waals surface area contributed by atoms with Crippen LogP contribution in [-0.2, 0) is 5.66 Å². The fourth-order valence-corrected chi connectivity index (χ4v) is 3.81. The minimum Gasteiger partial charge on any atom is -0.382 e. The summed E-state index contributed by atoms with van der Waals surface area (Å²) in [7, 11) is 1.62. The lowest BCUT2D eigenvalue weighted by molar-refractivity contribution is 0.208. The van der Waals surface area contributed by atoms with Crippen LogP contribution in [0.1, 0.15) is 37.8 Å². The van der Waals surface area contributed by atoms with E-state index in [1.165, 1.54) is 6.20 Å². The van der Waals surface area contributed by atoms with Crippen molar-refractivity contribution in [1.82, 2.24) is 4.57 Å². The lowest BCUT2D eigenvalue weighted by Gasteiger charge is -2.33. The molecule has 0 atom stereocenters. The predicted molar refractivity (Wildman–Crippen MR) is 103 cm³/mol. The molecule has 0 aromatic carbocycles. The van der Waals surface area contributed by atoms with Crippen LogP contribution in [0.15, 0.2) is 38.1 Å². The number of halogens is 1. The molecule has 1 fully saturated rings. The van der Waals surface area contributed by atoms with E-state index in [2.05, 4.69) is 27.0 Å². The first-order chi connectivity index (χ1) is 12.0. The molecule has 0 saturated heterocycles. The molecule has 132 valence electrons. The molecule has 25 heavy (non-hydrogen) atoms. The summed E-state index contributed by atoms with van der Waals surface area (Å²) < 4.78 is 1.66. The van der Waals surface area contributed by atoms with E-state index in [0.29, 0.717) is 28.1 Å². The maximum absolute atomic E-state index is 13.2. The van der Waals surface area contributed by atoms with Crippen LogP contribution in [0, 0.1) is 0 Å². The molecular weight excluding hydrogens is 340 g/mol. The number of nitrogens with two attached hydrogens (primary N) is 1. The number of rotatable bonds is 3. The number of nitrogens with zero attached hydrogens (tertiary/aromatic N) is 4. The van der Waals surface area contributed by atoms with Gasteiger partial charge in [0.2, 0.25) is 0 Å². The van der Waals surface area contributed by atoms with Crippen LogP contribution in [0.4, 0.5) is 5.69 Å². The van der Waals surface area contributed by atoms with Gasteiger partial charge in [-0.3, -0.25) is 19.3 Å². The van der Waals surface area contributed by atoms with E-state index in [0.717, 1.165) is 32.1 Å². The first kappa shape index (κ1) is 17.4. The van der Waals surface area contributed by atoms with Crippen molar-refractivity contribution >= 4 is 35.7 Å². The summed E-state index contributed by atoms with van der Waals surface area (Å²) >= 11 is 6.43. The van der Waals surface area contributed by atoms with Gasteiger partial charge in [-0.15, -0.1) is 0 Å². The molecule has 3 N–H and O–H groups in total. The maximum Gasteiger partial charge on any atom is 0.276 e. The summed E-state index contributed by atoms with van der Waals surface area (Å²) in [4.78, 5) is 25.5. The van der Waals surface area contributed by atoms with Crippen molar-refractivity contribution in [3.05, 3.63) is 39.4 Å². The molecule has 7 nitrogen and oxygen atoms in total. The van der Waals surface area contributed by atoms with Crippen molar-refractivity contribution < 1.29 is 0 Å². The summed E-state index contributed by atoms with van der Waals surface area (Å²) in [6, 6.07) is 1.57. The Kier molecular flexibility index (Phi) is 4.76. The fraction of sp³-hybridized carbons (Fsp3) is 0.412. The number of amidine groups is 2. The molecule has 1 aliphatic heterocycles. The fourth-order valence-electron chi connectivity index (χ4n) is 3.52. The quantitative estimate of drug-likeness (QED) is 0.640. The summed E-state index contributed by atoms with van der Waals surface area (Å²) in [6.07, 6.45) is 7.84. The number of anilines is 1. The lowest BCUT2D eigenvalue weighted by atomic mass is 9.89. The van der Waals surface area contributed by atoms with Gasteiger partial charge < -0.3 is 11.1 Å². The van der Waals surface area contributed by atoms with E-state index in [9.17, 15) is 4.79 Å². The monoisotopic (exact) mass is 360 g/mol. The molecule has 2 aliphatic rings. The van der Waals surface area contributed by atoms with Crippen LogP contribution in [0.3, 0.4) is 0 Å². The van der Waals surface area contributed by atoms with E-state index >= 15 is 0 Å². The second kappa shape index (κ2) is 6.84. The SMILES string of the molecule is C=N/C=C\C(=NC)Nc1cc(Cl)c2n(c1=O)C1(CCCCC1)N=C2N. The summed E-state index contributed by atoms with van der Waals surface area (Å²) in [5.74, 6) is 0.807. The Bertz CT molecular complexity index is 845. The van der Waals surface area contributed by atoms with Gasteiger partial charge >= 0.3 is 0 Å². The normalized spacial score (nSPS) is 19.1. The second-order valence-electron chi connectivity index (χ2n) is 6.17. The Morgan fingerprint density at radius 1 is 1.48 bits per heavy atom. The average Bonchev–Trinajstić information content (AvgIpc) is 2.88. The van der Waals surface area contributed by atoms with Gasteiger partial charge in [-0.25, -0.2) is 4.99 Å². The zero-order valence-electron chi connectivity index (χ0n) is 14.1. The molecule has 0 amide bonds. The van der Waals surface area contributed by atoms with Crippen LogP contribution in [0.5, 0.6) is 0 Å². The zero-order valence-corrected chi connectivity index (χ0v) is 14.9. The van der Waals surface area contributed by atoms with Gasteiger partial charge in [0.15, 0.2) is 0 Å². The Balaban J connectivity index is 2.10. The van der Waals surface area contributed by atoms with Crippen LogP contribution >= 0.6 is 11.6 Å². The van der Waals surface area contributed by atoms with Crippen LogP contribution in [-0.4, -0.2) is 30.0 Å². The minimum absolute atomic E-state index is 0.202. The third kappa shape index (κ3) is 3.00.